The van der Waals surface area contributed by atoms with E-state index in [4.69, 9.17) is 11.5 Å². The first kappa shape index (κ1) is 98.2. The summed E-state index contributed by atoms with van der Waals surface area (Å²) in [5, 5.41) is 73.8. The fourth-order valence-electron chi connectivity index (χ4n) is 13.7. The molecule has 0 bridgehead atoms. The third-order valence-electron chi connectivity index (χ3n) is 20.0. The number of aliphatic hydroxyl groups excluding tert-OH is 1. The van der Waals surface area contributed by atoms with Crippen molar-refractivity contribution in [2.45, 2.75) is 173 Å². The molecule has 9 atom stereocenters. The average molecular weight is 1700 g/mol. The number of aromatic nitrogens is 3. The van der Waals surface area contributed by atoms with Crippen LogP contribution < -0.4 is 80.0 Å². The summed E-state index contributed by atoms with van der Waals surface area (Å²) in [5.41, 5.74) is 13.4. The van der Waals surface area contributed by atoms with Gasteiger partial charge in [-0.15, -0.1) is 0 Å². The topological polar surface area (TPSA) is 578 Å². The summed E-state index contributed by atoms with van der Waals surface area (Å²) in [6.07, 6.45) is 2.52. The maximum atomic E-state index is 14.8. The van der Waals surface area contributed by atoms with Gasteiger partial charge in [0.1, 0.15) is 42.3 Å². The number of H-pyrrole nitrogens is 2. The molecule has 4 aromatic rings. The van der Waals surface area contributed by atoms with Gasteiger partial charge in [0, 0.05) is 146 Å². The number of likely N-dealkylation sites (tertiary alicyclic amines) is 1. The van der Waals surface area contributed by atoms with Gasteiger partial charge < -0.3 is 109 Å². The van der Waals surface area contributed by atoms with Crippen molar-refractivity contribution in [3.8, 4) is 0 Å². The van der Waals surface area contributed by atoms with E-state index in [1.54, 1.807) is 89.3 Å². The fourth-order valence-corrected chi connectivity index (χ4v) is 13.7. The first-order valence-electron chi connectivity index (χ1n) is 39.5. The number of aromatic amines is 2. The van der Waals surface area contributed by atoms with Crippen molar-refractivity contribution < 1.29 is 92.3 Å². The Morgan fingerprint density at radius 3 is 1.54 bits per heavy atom. The van der Waals surface area contributed by atoms with Crippen LogP contribution in [0.4, 0.5) is 0 Å². The minimum Gasteiger partial charge on any atom is -0.549 e. The minimum atomic E-state index is -1.57. The zero-order valence-electron chi connectivity index (χ0n) is 68.0. The third-order valence-corrected chi connectivity index (χ3v) is 20.0. The van der Waals surface area contributed by atoms with E-state index in [0.717, 1.165) is 0 Å². The molecule has 0 spiro atoms. The van der Waals surface area contributed by atoms with E-state index < -0.39 is 182 Å². The molecule has 40 heteroatoms. The molecular weight excluding hydrogens is 1590 g/mol. The molecule has 2 fully saturated rings. The maximum absolute atomic E-state index is 14.8. The third kappa shape index (κ3) is 35.4. The van der Waals surface area contributed by atoms with Crippen LogP contribution in [0.2, 0.25) is 0 Å². The quantitative estimate of drug-likeness (QED) is 0.0183. The van der Waals surface area contributed by atoms with Gasteiger partial charge in [-0.05, 0) is 74.0 Å². The van der Waals surface area contributed by atoms with E-state index in [1.165, 1.54) is 24.3 Å². The van der Waals surface area contributed by atoms with E-state index in [2.05, 4.69) is 68.1 Å². The molecule has 2 saturated heterocycles. The molecule has 2 aromatic heterocycles. The smallest absolute Gasteiger partial charge is 0.549 e. The number of carbonyl (C=O) groups is 15. The molecular formula is C78H115GaN20O19. The van der Waals surface area contributed by atoms with Gasteiger partial charge in [0.15, 0.2) is 0 Å². The number of carbonyl (C=O) groups excluding carboxylic acids is 15. The van der Waals surface area contributed by atoms with Crippen LogP contribution in [-0.2, 0) is 91.2 Å². The van der Waals surface area contributed by atoms with Crippen LogP contribution in [0.5, 0.6) is 0 Å². The Bertz CT molecular complexity index is 3960. The second-order valence-electron chi connectivity index (χ2n) is 31.1. The summed E-state index contributed by atoms with van der Waals surface area (Å²) >= 11 is 0. The van der Waals surface area contributed by atoms with E-state index in [9.17, 15) is 92.3 Å². The molecule has 0 radical (unpaired) electrons. The summed E-state index contributed by atoms with van der Waals surface area (Å²) in [6.45, 7) is 11.4. The Labute approximate surface area is 698 Å². The molecule has 0 unspecified atom stereocenters. The molecule has 17 N–H and O–H groups in total. The van der Waals surface area contributed by atoms with Crippen molar-refractivity contribution in [2.75, 3.05) is 105 Å². The Morgan fingerprint density at radius 1 is 0.508 bits per heavy atom. The molecule has 0 saturated carbocycles. The number of primary amides is 2. The van der Waals surface area contributed by atoms with E-state index in [-0.39, 0.29) is 148 Å². The number of para-hydroxylation sites is 1. The zero-order valence-corrected chi connectivity index (χ0v) is 70.5. The number of amides is 12. The standard InChI is InChI=1S/C78H118N20O19.Ga/c1-46(2)31-57(62(99)36-64(101)87-58(72(80)111)32-47(3)4)91-77(116)61(35-53-38-81-45-84-53)88-65(102)39-83-78(117)71(48(5)6)93-73(112)49(7)85-75(114)60(34-51-37-82-55-16-12-11-15-54(51)55)92-74(113)56(17-18-63(79)100)90-76(115)59(33-50-13-9-8-10-14-50)89-67(104)41-94-21-19-52(20-22-94)86-66(103)40-95-23-25-96(42-68(105)106)27-29-98(44-70(109)110)30-28-97(26-24-95)43-69(107)108;/h8-16,37-38,45-49,52,56-62,71,82,99H,17-36,39-44H2,1-7H3,(H2,79,100)(H2,80,111)(H,81,84)(H,83,117)(H,85,114)(H,86,103)(H,87,101)(H,88,102)(H,89,104)(H,90,115)(H,91,116)(H,92,113)(H,93,112)(H,105,106)(H,107,108)(H,109,110);/q;+3/p-3/t49-,56-,57-,58-,59+,60-,61-,62-,71-;/m0./s1/i;1-2. The Hall–Kier alpha value is -10.4. The number of benzene rings is 2. The molecule has 4 heterocycles. The van der Waals surface area contributed by atoms with Gasteiger partial charge in [0.25, 0.3) is 0 Å². The number of aliphatic hydroxyl groups is 1. The van der Waals surface area contributed by atoms with Gasteiger partial charge >= 0.3 is 19.8 Å². The minimum absolute atomic E-state index is 0. The maximum Gasteiger partial charge on any atom is 3.00 e. The number of carboxylic acid groups (broad SMARTS) is 3. The van der Waals surface area contributed by atoms with E-state index in [0.29, 0.717) is 53.7 Å². The number of piperidine rings is 1. The predicted octanol–water partition coefficient (Wildman–Crippen LogP) is -8.15. The number of hydrogen-bond acceptors (Lipinski definition) is 25. The van der Waals surface area contributed by atoms with Crippen molar-refractivity contribution in [1.29, 1.82) is 0 Å². The molecule has 39 nitrogen and oxygen atoms in total. The summed E-state index contributed by atoms with van der Waals surface area (Å²) < 4.78 is 0. The number of imidazole rings is 1. The van der Waals surface area contributed by atoms with Crippen LogP contribution in [0.3, 0.4) is 0 Å². The van der Waals surface area contributed by atoms with Crippen LogP contribution in [-0.4, -0.2) is 318 Å². The summed E-state index contributed by atoms with van der Waals surface area (Å²) in [4.78, 5) is 219. The van der Waals surface area contributed by atoms with Gasteiger partial charge in [-0.2, -0.15) is 0 Å². The van der Waals surface area contributed by atoms with Crippen molar-refractivity contribution in [3.63, 3.8) is 0 Å². The first-order valence-corrected chi connectivity index (χ1v) is 39.5. The van der Waals surface area contributed by atoms with Gasteiger partial charge in [-0.25, -0.2) is 4.98 Å². The Kier molecular flexibility index (Phi) is 41.4. The van der Waals surface area contributed by atoms with E-state index in [1.807, 2.05) is 32.6 Å². The summed E-state index contributed by atoms with van der Waals surface area (Å²) in [6, 6.07) is 4.97. The average Bonchev–Trinajstić information content (AvgIpc) is 1.74. The number of rotatable bonds is 45. The molecule has 2 aliphatic rings. The monoisotopic (exact) mass is 1700 g/mol. The number of aliphatic carboxylic acids is 3. The SMILES string of the molecule is CC(C)C[C@H](NC(=O)C[C@H](O)[C@H](CC(C)C)NC(=O)[C@H](Cc1cnc[nH]1)NC(=O)CNC(=O)[C@@H](NC(=O)[C@H](C)NC(=O)[C@H](Cc1c[nH]c2ccccc12)NC(=O)[C@H](CCC(N)=O)NC(=O)[C@@H](Cc1ccccc1)NC(=O)CN1CCC(NC(=O)CN2CCN(CC(=O)[O-])CCN(CC(=O)[O-])CCN(CC(=O)[O-])CC2)CC1)C(C)C)C(N)=O.[68Ga+3]. The van der Waals surface area contributed by atoms with Crippen molar-refractivity contribution >= 4 is 119 Å². The zero-order chi connectivity index (χ0) is 86.0. The van der Waals surface area contributed by atoms with Crippen LogP contribution in [0, 0.1) is 17.8 Å². The second-order valence-corrected chi connectivity index (χ2v) is 31.1. The van der Waals surface area contributed by atoms with Crippen molar-refractivity contribution in [2.24, 2.45) is 29.2 Å². The number of nitrogens with one attached hydrogen (secondary N) is 12. The fraction of sp³-hybridized carbons (Fsp3) is 0.590. The molecule has 2 aromatic carbocycles. The number of hydrogen-bond donors (Lipinski definition) is 15. The molecule has 2 aliphatic heterocycles. The molecule has 0 aliphatic carbocycles. The van der Waals surface area contributed by atoms with Crippen LogP contribution in [0.25, 0.3) is 10.9 Å². The molecule has 12 amide bonds. The number of fused-ring (bicyclic) bond motifs is 1. The second kappa shape index (κ2) is 49.8. The van der Waals surface area contributed by atoms with Crippen LogP contribution in [0.1, 0.15) is 110 Å². The van der Waals surface area contributed by atoms with Crippen molar-refractivity contribution in [1.82, 2.24) is 92.6 Å². The number of nitrogens with zero attached hydrogens (tertiary/aromatic N) is 6. The molecule has 644 valence electrons. The number of carboxylic acids is 3. The van der Waals surface area contributed by atoms with Gasteiger partial charge in [-0.3, -0.25) is 82.0 Å². The van der Waals surface area contributed by atoms with Crippen molar-refractivity contribution in [3.05, 3.63) is 90.1 Å². The van der Waals surface area contributed by atoms with Gasteiger partial charge in [-0.1, -0.05) is 90.1 Å². The Morgan fingerprint density at radius 2 is 1.00 bits per heavy atom. The van der Waals surface area contributed by atoms with Gasteiger partial charge in [0.05, 0.1) is 62.4 Å². The number of nitrogens with two attached hydrogens (primary N) is 2. The molecule has 6 rings (SSSR count). The van der Waals surface area contributed by atoms with Crippen LogP contribution in [0.15, 0.2) is 73.3 Å². The Balaban J connectivity index is 0.0000248. The summed E-state index contributed by atoms with van der Waals surface area (Å²) in [5.74, 6) is -14.0. The summed E-state index contributed by atoms with van der Waals surface area (Å²) in [7, 11) is 0. The largest absolute Gasteiger partial charge is 3.00 e. The van der Waals surface area contributed by atoms with E-state index >= 15 is 0 Å². The first-order chi connectivity index (χ1) is 55.5. The van der Waals surface area contributed by atoms with Crippen LogP contribution >= 0.6 is 0 Å². The van der Waals surface area contributed by atoms with Gasteiger partial charge in [0.2, 0.25) is 70.9 Å². The molecule has 118 heavy (non-hydrogen) atoms. The normalized spacial score (nSPS) is 16.7. The predicted molar refractivity (Wildman–Crippen MR) is 425 cm³/mol.